The summed E-state index contributed by atoms with van der Waals surface area (Å²) in [4.78, 5) is 11.8. The first-order valence-electron chi connectivity index (χ1n) is 6.42. The quantitative estimate of drug-likeness (QED) is 0.834. The third-order valence-electron chi connectivity index (χ3n) is 3.97. The first kappa shape index (κ1) is 13.1. The van der Waals surface area contributed by atoms with Crippen LogP contribution in [0.5, 0.6) is 0 Å². The van der Waals surface area contributed by atoms with Gasteiger partial charge >= 0.3 is 5.97 Å². The van der Waals surface area contributed by atoms with Crippen LogP contribution in [-0.4, -0.2) is 13.1 Å². The van der Waals surface area contributed by atoms with Crippen molar-refractivity contribution in [3.63, 3.8) is 0 Å². The number of fused-ring (bicyclic) bond motifs is 1. The fourth-order valence-corrected chi connectivity index (χ4v) is 2.59. The molecule has 0 radical (unpaired) electrons. The number of hydrogen-bond donors (Lipinski definition) is 1. The highest BCUT2D eigenvalue weighted by molar-refractivity contribution is 5.77. The zero-order valence-corrected chi connectivity index (χ0v) is 11.3. The summed E-state index contributed by atoms with van der Waals surface area (Å²) in [6, 6.07) is 6.00. The van der Waals surface area contributed by atoms with Crippen molar-refractivity contribution in [3.8, 4) is 0 Å². The van der Waals surface area contributed by atoms with E-state index in [0.29, 0.717) is 0 Å². The molecule has 2 rings (SSSR count). The Labute approximate surface area is 108 Å². The van der Waals surface area contributed by atoms with Crippen LogP contribution in [0.1, 0.15) is 43.0 Å². The number of nitrogens with two attached hydrogens (primary N) is 1. The second-order valence-electron chi connectivity index (χ2n) is 5.57. The first-order valence-corrected chi connectivity index (χ1v) is 6.42. The number of methoxy groups -OCH3 is 1. The highest BCUT2D eigenvalue weighted by Gasteiger charge is 2.36. The molecule has 0 spiro atoms. The number of carbonyl (C=O) groups is 1. The molecule has 2 N–H and O–H groups in total. The summed E-state index contributed by atoms with van der Waals surface area (Å²) in [6.45, 7) is 3.66. The molecular weight excluding hydrogens is 226 g/mol. The molecule has 0 fully saturated rings. The van der Waals surface area contributed by atoms with Gasteiger partial charge in [-0.25, -0.2) is 0 Å². The molecule has 1 aromatic rings. The van der Waals surface area contributed by atoms with E-state index in [2.05, 4.69) is 12.1 Å². The summed E-state index contributed by atoms with van der Waals surface area (Å²) in [5.41, 5.74) is 9.35. The lowest BCUT2D eigenvalue weighted by molar-refractivity contribution is -0.152. The molecule has 0 amide bonds. The van der Waals surface area contributed by atoms with Gasteiger partial charge in [0.2, 0.25) is 0 Å². The van der Waals surface area contributed by atoms with E-state index in [1.54, 1.807) is 0 Å². The van der Waals surface area contributed by atoms with E-state index in [0.717, 1.165) is 18.4 Å². The number of rotatable bonds is 3. The second-order valence-corrected chi connectivity index (χ2v) is 5.57. The van der Waals surface area contributed by atoms with Gasteiger partial charge in [0.25, 0.3) is 0 Å². The van der Waals surface area contributed by atoms with Gasteiger partial charge < -0.3 is 10.5 Å². The molecule has 1 aliphatic carbocycles. The molecule has 0 saturated heterocycles. The molecule has 0 heterocycles. The zero-order valence-electron chi connectivity index (χ0n) is 11.3. The Balaban J connectivity index is 2.28. The largest absolute Gasteiger partial charge is 0.469 e. The van der Waals surface area contributed by atoms with Crippen LogP contribution >= 0.6 is 0 Å². The molecule has 1 aromatic carbocycles. The van der Waals surface area contributed by atoms with Gasteiger partial charge in [0.15, 0.2) is 0 Å². The average molecular weight is 247 g/mol. The predicted molar refractivity (Wildman–Crippen MR) is 71.2 cm³/mol. The number of carbonyl (C=O) groups excluding carboxylic acids is 1. The number of aryl methyl sites for hydroxylation is 2. The van der Waals surface area contributed by atoms with Crippen LogP contribution in [0.25, 0.3) is 0 Å². The summed E-state index contributed by atoms with van der Waals surface area (Å²) in [5.74, 6) is -0.268. The van der Waals surface area contributed by atoms with Crippen molar-refractivity contribution in [1.82, 2.24) is 0 Å². The zero-order chi connectivity index (χ0) is 13.3. The Morgan fingerprint density at radius 2 is 2.00 bits per heavy atom. The van der Waals surface area contributed by atoms with Crippen molar-refractivity contribution in [2.75, 3.05) is 7.11 Å². The Hall–Kier alpha value is -1.35. The van der Waals surface area contributed by atoms with Crippen molar-refractivity contribution < 1.29 is 9.53 Å². The van der Waals surface area contributed by atoms with Gasteiger partial charge in [0, 0.05) is 6.04 Å². The third-order valence-corrected chi connectivity index (χ3v) is 3.97. The van der Waals surface area contributed by atoms with E-state index in [1.165, 1.54) is 24.7 Å². The van der Waals surface area contributed by atoms with Crippen LogP contribution in [0.3, 0.4) is 0 Å². The van der Waals surface area contributed by atoms with Gasteiger partial charge in [-0.1, -0.05) is 18.2 Å². The number of esters is 1. The Morgan fingerprint density at radius 1 is 1.33 bits per heavy atom. The summed E-state index contributed by atoms with van der Waals surface area (Å²) in [7, 11) is 1.40. The molecule has 0 saturated carbocycles. The van der Waals surface area contributed by atoms with E-state index >= 15 is 0 Å². The molecule has 0 aromatic heterocycles. The molecule has 0 aliphatic heterocycles. The third kappa shape index (κ3) is 2.15. The highest BCUT2D eigenvalue weighted by Crippen LogP contribution is 2.34. The minimum atomic E-state index is -0.707. The molecule has 3 heteroatoms. The minimum Gasteiger partial charge on any atom is -0.469 e. The van der Waals surface area contributed by atoms with Crippen LogP contribution in [-0.2, 0) is 22.4 Å². The molecule has 1 atom stereocenters. The molecule has 98 valence electrons. The van der Waals surface area contributed by atoms with Gasteiger partial charge in [-0.05, 0) is 49.8 Å². The van der Waals surface area contributed by atoms with Gasteiger partial charge in [-0.2, -0.15) is 0 Å². The summed E-state index contributed by atoms with van der Waals surface area (Å²) in [5, 5.41) is 0. The van der Waals surface area contributed by atoms with Gasteiger partial charge in [-0.3, -0.25) is 4.79 Å². The van der Waals surface area contributed by atoms with E-state index in [1.807, 2.05) is 19.9 Å². The maximum absolute atomic E-state index is 11.8. The fraction of sp³-hybridized carbons (Fsp3) is 0.533. The molecule has 18 heavy (non-hydrogen) atoms. The monoisotopic (exact) mass is 247 g/mol. The van der Waals surface area contributed by atoms with Crippen molar-refractivity contribution in [3.05, 3.63) is 34.9 Å². The molecule has 0 bridgehead atoms. The normalized spacial score (nSPS) is 16.2. The van der Waals surface area contributed by atoms with Crippen LogP contribution in [0.15, 0.2) is 18.2 Å². The predicted octanol–water partition coefficient (Wildman–Crippen LogP) is 2.37. The van der Waals surface area contributed by atoms with Gasteiger partial charge in [-0.15, -0.1) is 0 Å². The van der Waals surface area contributed by atoms with Crippen LogP contribution in [0.2, 0.25) is 0 Å². The maximum Gasteiger partial charge on any atom is 0.313 e. The summed E-state index contributed by atoms with van der Waals surface area (Å²) in [6.07, 6.45) is 3.49. The number of benzene rings is 1. The van der Waals surface area contributed by atoms with Crippen molar-refractivity contribution in [2.24, 2.45) is 11.1 Å². The fourth-order valence-electron chi connectivity index (χ4n) is 2.59. The Bertz CT molecular complexity index is 466. The number of hydrogen-bond acceptors (Lipinski definition) is 3. The second kappa shape index (κ2) is 4.73. The van der Waals surface area contributed by atoms with E-state index in [9.17, 15) is 4.79 Å². The van der Waals surface area contributed by atoms with Crippen LogP contribution in [0, 0.1) is 5.41 Å². The van der Waals surface area contributed by atoms with Crippen molar-refractivity contribution in [2.45, 2.75) is 39.2 Å². The molecule has 3 nitrogen and oxygen atoms in total. The summed E-state index contributed by atoms with van der Waals surface area (Å²) >= 11 is 0. The molecular formula is C15H21NO2. The van der Waals surface area contributed by atoms with E-state index in [4.69, 9.17) is 10.5 Å². The van der Waals surface area contributed by atoms with E-state index in [-0.39, 0.29) is 12.0 Å². The van der Waals surface area contributed by atoms with Gasteiger partial charge in [0.1, 0.15) is 0 Å². The minimum absolute atomic E-state index is 0.268. The summed E-state index contributed by atoms with van der Waals surface area (Å²) < 4.78 is 4.83. The Morgan fingerprint density at radius 3 is 2.67 bits per heavy atom. The number of ether oxygens (including phenoxy) is 1. The highest BCUT2D eigenvalue weighted by atomic mass is 16.5. The van der Waals surface area contributed by atoms with Crippen molar-refractivity contribution in [1.29, 1.82) is 0 Å². The molecule has 1 aliphatic rings. The first-order chi connectivity index (χ1) is 8.46. The SMILES string of the molecule is COC(=O)C(C)(C)C(N)c1ccc2c(c1)CCC2. The lowest BCUT2D eigenvalue weighted by Gasteiger charge is -2.29. The maximum atomic E-state index is 11.8. The standard InChI is InChI=1S/C15H21NO2/c1-15(2,14(17)18-3)13(16)12-8-7-10-5-4-6-11(10)9-12/h7-9,13H,4-6,16H2,1-3H3. The lowest BCUT2D eigenvalue weighted by atomic mass is 9.80. The average Bonchev–Trinajstić information content (AvgIpc) is 2.83. The molecule has 1 unspecified atom stereocenters. The smallest absolute Gasteiger partial charge is 0.313 e. The van der Waals surface area contributed by atoms with Gasteiger partial charge in [0.05, 0.1) is 12.5 Å². The van der Waals surface area contributed by atoms with E-state index < -0.39 is 5.41 Å². The van der Waals surface area contributed by atoms with Crippen LogP contribution < -0.4 is 5.73 Å². The lowest BCUT2D eigenvalue weighted by Crippen LogP contribution is -2.37. The topological polar surface area (TPSA) is 52.3 Å². The van der Waals surface area contributed by atoms with Crippen molar-refractivity contribution >= 4 is 5.97 Å². The van der Waals surface area contributed by atoms with Crippen LogP contribution in [0.4, 0.5) is 0 Å². The Kier molecular flexibility index (Phi) is 3.44.